The second-order valence-corrected chi connectivity index (χ2v) is 10.6. The molecule has 0 unspecified atom stereocenters. The summed E-state index contributed by atoms with van der Waals surface area (Å²) in [5, 5.41) is 14.3. The Labute approximate surface area is 246 Å². The van der Waals surface area contributed by atoms with E-state index < -0.39 is 0 Å². The molecule has 1 aliphatic rings. The maximum absolute atomic E-state index is 12.9. The third-order valence-electron chi connectivity index (χ3n) is 7.61. The number of hydrogen-bond donors (Lipinski definition) is 2. The Morgan fingerprint density at radius 2 is 1.05 bits per heavy atom. The minimum atomic E-state index is -0.153. The minimum absolute atomic E-state index is 0.153. The normalized spacial score (nSPS) is 14.1. The van der Waals surface area contributed by atoms with Gasteiger partial charge in [-0.15, -0.1) is 0 Å². The van der Waals surface area contributed by atoms with Crippen LogP contribution < -0.4 is 10.6 Å². The molecule has 2 amide bonds. The summed E-state index contributed by atoms with van der Waals surface area (Å²) in [6, 6.07) is 19.2. The van der Waals surface area contributed by atoms with Crippen LogP contribution in [-0.4, -0.2) is 84.3 Å². The Morgan fingerprint density at radius 3 is 1.43 bits per heavy atom. The van der Waals surface area contributed by atoms with Crippen LogP contribution in [0.3, 0.4) is 0 Å². The van der Waals surface area contributed by atoms with Crippen molar-refractivity contribution in [3.63, 3.8) is 0 Å². The lowest BCUT2D eigenvalue weighted by atomic mass is 10.1. The number of nitrogens with zero attached hydrogens (tertiary/aromatic N) is 4. The molecule has 0 atom stereocenters. The highest BCUT2D eigenvalue weighted by Gasteiger charge is 2.23. The van der Waals surface area contributed by atoms with Gasteiger partial charge in [-0.3, -0.25) is 9.59 Å². The van der Waals surface area contributed by atoms with Gasteiger partial charge in [0.15, 0.2) is 0 Å². The first kappa shape index (κ1) is 29.2. The largest absolute Gasteiger partial charge is 0.360 e. The van der Waals surface area contributed by atoms with E-state index in [1.165, 1.54) is 0 Å². The number of aromatic nitrogens is 2. The number of amides is 2. The van der Waals surface area contributed by atoms with Gasteiger partial charge in [0, 0.05) is 50.4 Å². The Kier molecular flexibility index (Phi) is 9.78. The van der Waals surface area contributed by atoms with Crippen LogP contribution in [-0.2, 0) is 0 Å². The third-order valence-corrected chi connectivity index (χ3v) is 7.61. The lowest BCUT2D eigenvalue weighted by molar-refractivity contribution is 0.0933. The van der Waals surface area contributed by atoms with Crippen molar-refractivity contribution in [3.8, 4) is 22.5 Å². The summed E-state index contributed by atoms with van der Waals surface area (Å²) < 4.78 is 10.6. The highest BCUT2D eigenvalue weighted by atomic mass is 16.5. The summed E-state index contributed by atoms with van der Waals surface area (Å²) in [4.78, 5) is 30.6. The summed E-state index contributed by atoms with van der Waals surface area (Å²) >= 11 is 0. The average Bonchev–Trinajstić information content (AvgIpc) is 3.61. The lowest BCUT2D eigenvalue weighted by Crippen LogP contribution is -2.47. The molecule has 220 valence electrons. The second kappa shape index (κ2) is 14.1. The van der Waals surface area contributed by atoms with Gasteiger partial charge in [0.25, 0.3) is 11.8 Å². The topological polar surface area (TPSA) is 117 Å². The number of aryl methyl sites for hydroxylation is 2. The monoisotopic (exact) mass is 570 g/mol. The lowest BCUT2D eigenvalue weighted by Gasteiger charge is -2.34. The van der Waals surface area contributed by atoms with Crippen molar-refractivity contribution in [3.05, 3.63) is 83.3 Å². The molecule has 0 bridgehead atoms. The van der Waals surface area contributed by atoms with Crippen LogP contribution in [0.25, 0.3) is 22.5 Å². The minimum Gasteiger partial charge on any atom is -0.360 e. The smallest absolute Gasteiger partial charge is 0.257 e. The summed E-state index contributed by atoms with van der Waals surface area (Å²) in [5.41, 5.74) is 3.88. The quantitative estimate of drug-likeness (QED) is 0.244. The van der Waals surface area contributed by atoms with E-state index in [1.807, 2.05) is 60.7 Å². The molecule has 42 heavy (non-hydrogen) atoms. The highest BCUT2D eigenvalue weighted by molar-refractivity contribution is 6.01. The van der Waals surface area contributed by atoms with E-state index in [9.17, 15) is 9.59 Å². The number of carbonyl (C=O) groups is 2. The maximum Gasteiger partial charge on any atom is 0.257 e. The Bertz CT molecular complexity index is 1350. The van der Waals surface area contributed by atoms with Gasteiger partial charge in [0.05, 0.1) is 0 Å². The van der Waals surface area contributed by atoms with E-state index >= 15 is 0 Å². The predicted octanol–water partition coefficient (Wildman–Crippen LogP) is 4.17. The van der Waals surface area contributed by atoms with Crippen molar-refractivity contribution >= 4 is 11.8 Å². The van der Waals surface area contributed by atoms with Gasteiger partial charge in [0.1, 0.15) is 34.0 Å². The Hall–Kier alpha value is -4.28. The zero-order valence-electron chi connectivity index (χ0n) is 24.3. The third kappa shape index (κ3) is 7.13. The van der Waals surface area contributed by atoms with Gasteiger partial charge in [-0.05, 0) is 39.8 Å². The Morgan fingerprint density at radius 1 is 0.667 bits per heavy atom. The highest BCUT2D eigenvalue weighted by Crippen LogP contribution is 2.26. The molecule has 0 spiro atoms. The van der Waals surface area contributed by atoms with Crippen molar-refractivity contribution in [2.45, 2.75) is 26.7 Å². The molecule has 4 aromatic rings. The first-order valence-electron chi connectivity index (χ1n) is 14.6. The molecular weight excluding hydrogens is 532 g/mol. The van der Waals surface area contributed by atoms with Crippen LogP contribution in [0.1, 0.15) is 45.1 Å². The maximum atomic E-state index is 12.9. The van der Waals surface area contributed by atoms with E-state index in [2.05, 4.69) is 30.7 Å². The first-order valence-corrected chi connectivity index (χ1v) is 14.6. The van der Waals surface area contributed by atoms with Crippen molar-refractivity contribution in [1.82, 2.24) is 30.7 Å². The fourth-order valence-corrected chi connectivity index (χ4v) is 5.29. The zero-order chi connectivity index (χ0) is 29.3. The van der Waals surface area contributed by atoms with Gasteiger partial charge in [0.2, 0.25) is 0 Å². The van der Waals surface area contributed by atoms with Gasteiger partial charge >= 0.3 is 0 Å². The number of nitrogens with one attached hydrogen (secondary N) is 2. The summed E-state index contributed by atoms with van der Waals surface area (Å²) in [5.74, 6) is 0.736. The molecule has 0 radical (unpaired) electrons. The van der Waals surface area contributed by atoms with Crippen LogP contribution in [0, 0.1) is 13.8 Å². The number of benzene rings is 2. The molecule has 1 aliphatic heterocycles. The molecule has 2 aromatic heterocycles. The molecule has 0 aliphatic carbocycles. The van der Waals surface area contributed by atoms with Crippen LogP contribution in [0.5, 0.6) is 0 Å². The molecule has 2 N–H and O–H groups in total. The summed E-state index contributed by atoms with van der Waals surface area (Å²) in [6.07, 6.45) is 1.74. The SMILES string of the molecule is Cc1onc(-c2ccccc2)c1C(=O)NCCCN1CCN(CCCNC(=O)c2c(-c3ccccc3)noc2C)CC1. The zero-order valence-corrected chi connectivity index (χ0v) is 24.3. The van der Waals surface area contributed by atoms with Crippen molar-refractivity contribution in [1.29, 1.82) is 0 Å². The fraction of sp³-hybridized carbons (Fsp3) is 0.375. The Balaban J connectivity index is 0.977. The summed E-state index contributed by atoms with van der Waals surface area (Å²) in [6.45, 7) is 10.5. The van der Waals surface area contributed by atoms with Crippen LogP contribution >= 0.6 is 0 Å². The number of hydrogen-bond acceptors (Lipinski definition) is 8. The standard InChI is InChI=1S/C32H38N6O4/c1-23-27(29(35-41-23)25-11-5-3-6-12-25)31(39)33-15-9-17-37-19-21-38(22-20-37)18-10-16-34-32(40)28-24(2)42-36-30(28)26-13-7-4-8-14-26/h3-8,11-14H,9-10,15-22H2,1-2H3,(H,33,39)(H,34,40). The molecule has 5 rings (SSSR count). The van der Waals surface area contributed by atoms with E-state index in [1.54, 1.807) is 13.8 Å². The molecular formula is C32H38N6O4. The first-order chi connectivity index (χ1) is 20.5. The second-order valence-electron chi connectivity index (χ2n) is 10.6. The number of rotatable bonds is 12. The fourth-order valence-electron chi connectivity index (χ4n) is 5.29. The van der Waals surface area contributed by atoms with Gasteiger partial charge in [-0.2, -0.15) is 0 Å². The molecule has 3 heterocycles. The van der Waals surface area contributed by atoms with Gasteiger partial charge in [-0.1, -0.05) is 71.0 Å². The van der Waals surface area contributed by atoms with Gasteiger partial charge < -0.3 is 29.5 Å². The van der Waals surface area contributed by atoms with E-state index in [4.69, 9.17) is 9.05 Å². The van der Waals surface area contributed by atoms with E-state index in [-0.39, 0.29) is 11.8 Å². The van der Waals surface area contributed by atoms with Crippen LogP contribution in [0.15, 0.2) is 69.7 Å². The van der Waals surface area contributed by atoms with Gasteiger partial charge in [-0.25, -0.2) is 0 Å². The van der Waals surface area contributed by atoms with Crippen molar-refractivity contribution in [2.75, 3.05) is 52.4 Å². The molecule has 1 saturated heterocycles. The van der Waals surface area contributed by atoms with Crippen molar-refractivity contribution < 1.29 is 18.6 Å². The average molecular weight is 571 g/mol. The molecule has 10 heteroatoms. The molecule has 2 aromatic carbocycles. The molecule has 10 nitrogen and oxygen atoms in total. The predicted molar refractivity (Wildman–Crippen MR) is 160 cm³/mol. The number of carbonyl (C=O) groups excluding carboxylic acids is 2. The molecule has 0 saturated carbocycles. The summed E-state index contributed by atoms with van der Waals surface area (Å²) in [7, 11) is 0. The molecule has 1 fully saturated rings. The van der Waals surface area contributed by atoms with Crippen molar-refractivity contribution in [2.24, 2.45) is 0 Å². The van der Waals surface area contributed by atoms with E-state index in [0.717, 1.165) is 63.2 Å². The van der Waals surface area contributed by atoms with Crippen LogP contribution in [0.4, 0.5) is 0 Å². The van der Waals surface area contributed by atoms with Crippen LogP contribution in [0.2, 0.25) is 0 Å². The van der Waals surface area contributed by atoms with E-state index in [0.29, 0.717) is 47.1 Å². The number of piperazine rings is 1.